The zero-order valence-electron chi connectivity index (χ0n) is 13.9. The molecular weight excluding hydrogens is 304 g/mol. The Hall–Kier alpha value is -2.66. The number of nitrogens with zero attached hydrogens (tertiary/aromatic N) is 1. The van der Waals surface area contributed by atoms with Gasteiger partial charge in [0.2, 0.25) is 0 Å². The fourth-order valence-corrected chi connectivity index (χ4v) is 2.12. The van der Waals surface area contributed by atoms with Gasteiger partial charge >= 0.3 is 0 Å². The summed E-state index contributed by atoms with van der Waals surface area (Å²) in [5, 5.41) is 3.98. The van der Waals surface area contributed by atoms with E-state index in [1.165, 1.54) is 7.11 Å². The highest BCUT2D eigenvalue weighted by Crippen LogP contribution is 2.16. The SMILES string of the molecule is CCCOc1ccc(C=NNC(=O)[C@H](OC)c2ccccc2)cc1. The Morgan fingerprint density at radius 1 is 1.17 bits per heavy atom. The van der Waals surface area contributed by atoms with Crippen molar-refractivity contribution in [3.05, 3.63) is 65.7 Å². The molecule has 1 amide bonds. The molecule has 0 aromatic heterocycles. The first-order valence-corrected chi connectivity index (χ1v) is 7.88. The molecule has 5 heteroatoms. The van der Waals surface area contributed by atoms with Crippen LogP contribution >= 0.6 is 0 Å². The van der Waals surface area contributed by atoms with Crippen LogP contribution in [-0.2, 0) is 9.53 Å². The lowest BCUT2D eigenvalue weighted by Crippen LogP contribution is -2.26. The number of amides is 1. The number of hydrogen-bond donors (Lipinski definition) is 1. The number of hydrazone groups is 1. The second kappa shape index (κ2) is 9.47. The Bertz CT molecular complexity index is 654. The van der Waals surface area contributed by atoms with Gasteiger partial charge in [0.15, 0.2) is 6.10 Å². The summed E-state index contributed by atoms with van der Waals surface area (Å²) in [6.45, 7) is 2.76. The maximum atomic E-state index is 12.2. The summed E-state index contributed by atoms with van der Waals surface area (Å²) in [6, 6.07) is 16.8. The molecule has 0 aliphatic rings. The Kier molecular flexibility index (Phi) is 6.98. The van der Waals surface area contributed by atoms with Crippen LogP contribution in [0.2, 0.25) is 0 Å². The Balaban J connectivity index is 1.91. The minimum Gasteiger partial charge on any atom is -0.494 e. The van der Waals surface area contributed by atoms with Gasteiger partial charge in [-0.15, -0.1) is 0 Å². The number of rotatable bonds is 8. The molecule has 0 radical (unpaired) electrons. The molecule has 0 saturated heterocycles. The highest BCUT2D eigenvalue weighted by Gasteiger charge is 2.18. The summed E-state index contributed by atoms with van der Waals surface area (Å²) >= 11 is 0. The van der Waals surface area contributed by atoms with E-state index in [9.17, 15) is 4.79 Å². The Morgan fingerprint density at radius 2 is 1.88 bits per heavy atom. The fraction of sp³-hybridized carbons (Fsp3) is 0.263. The van der Waals surface area contributed by atoms with Crippen LogP contribution in [0.25, 0.3) is 0 Å². The summed E-state index contributed by atoms with van der Waals surface area (Å²) < 4.78 is 10.8. The van der Waals surface area contributed by atoms with E-state index in [0.29, 0.717) is 6.61 Å². The number of ether oxygens (including phenoxy) is 2. The molecular formula is C19H22N2O3. The number of carbonyl (C=O) groups excluding carboxylic acids is 1. The third kappa shape index (κ3) is 5.21. The summed E-state index contributed by atoms with van der Waals surface area (Å²) in [4.78, 5) is 12.2. The van der Waals surface area contributed by atoms with Crippen LogP contribution in [0.5, 0.6) is 5.75 Å². The first-order chi connectivity index (χ1) is 11.7. The maximum absolute atomic E-state index is 12.2. The lowest BCUT2D eigenvalue weighted by molar-refractivity contribution is -0.131. The molecule has 1 atom stereocenters. The summed E-state index contributed by atoms with van der Waals surface area (Å²) in [7, 11) is 1.50. The molecule has 2 aromatic rings. The monoisotopic (exact) mass is 326 g/mol. The first kappa shape index (κ1) is 17.7. The van der Waals surface area contributed by atoms with Crippen molar-refractivity contribution in [1.82, 2.24) is 5.43 Å². The van der Waals surface area contributed by atoms with Gasteiger partial charge in [0.05, 0.1) is 12.8 Å². The smallest absolute Gasteiger partial charge is 0.273 e. The molecule has 1 N–H and O–H groups in total. The van der Waals surface area contributed by atoms with E-state index in [-0.39, 0.29) is 5.91 Å². The Labute approximate surface area is 142 Å². The molecule has 2 rings (SSSR count). The van der Waals surface area contributed by atoms with Crippen molar-refractivity contribution in [3.63, 3.8) is 0 Å². The topological polar surface area (TPSA) is 59.9 Å². The zero-order valence-corrected chi connectivity index (χ0v) is 13.9. The van der Waals surface area contributed by atoms with Gasteiger partial charge in [0, 0.05) is 7.11 Å². The summed E-state index contributed by atoms with van der Waals surface area (Å²) in [6.07, 6.45) is 1.87. The lowest BCUT2D eigenvalue weighted by atomic mass is 10.1. The predicted molar refractivity (Wildman–Crippen MR) is 94.2 cm³/mol. The predicted octanol–water partition coefficient (Wildman–Crippen LogP) is 3.31. The van der Waals surface area contributed by atoms with E-state index >= 15 is 0 Å². The molecule has 0 bridgehead atoms. The standard InChI is InChI=1S/C19H22N2O3/c1-3-13-24-17-11-9-15(10-12-17)14-20-21-19(22)18(23-2)16-7-5-4-6-8-16/h4-12,14,18H,3,13H2,1-2H3,(H,21,22)/t18-/m1/s1. The highest BCUT2D eigenvalue weighted by atomic mass is 16.5. The molecule has 0 heterocycles. The van der Waals surface area contributed by atoms with Crippen LogP contribution in [0.4, 0.5) is 0 Å². The van der Waals surface area contributed by atoms with Crippen LogP contribution in [0.1, 0.15) is 30.6 Å². The van der Waals surface area contributed by atoms with Gasteiger partial charge in [-0.25, -0.2) is 5.43 Å². The average Bonchev–Trinajstić information content (AvgIpc) is 2.62. The van der Waals surface area contributed by atoms with Crippen molar-refractivity contribution in [2.75, 3.05) is 13.7 Å². The van der Waals surface area contributed by atoms with E-state index in [1.807, 2.05) is 54.6 Å². The Morgan fingerprint density at radius 3 is 2.50 bits per heavy atom. The molecule has 0 unspecified atom stereocenters. The molecule has 0 aliphatic carbocycles. The molecule has 0 fully saturated rings. The number of nitrogens with one attached hydrogen (secondary N) is 1. The van der Waals surface area contributed by atoms with E-state index in [2.05, 4.69) is 17.5 Å². The number of methoxy groups -OCH3 is 1. The highest BCUT2D eigenvalue weighted by molar-refractivity contribution is 5.85. The normalized spacial score (nSPS) is 12.1. The average molecular weight is 326 g/mol. The number of carbonyl (C=O) groups is 1. The molecule has 0 saturated carbocycles. The van der Waals surface area contributed by atoms with E-state index in [0.717, 1.165) is 23.3 Å². The lowest BCUT2D eigenvalue weighted by Gasteiger charge is -2.13. The summed E-state index contributed by atoms with van der Waals surface area (Å²) in [5.41, 5.74) is 4.15. The number of hydrogen-bond acceptors (Lipinski definition) is 4. The van der Waals surface area contributed by atoms with Crippen LogP contribution in [0.15, 0.2) is 59.7 Å². The maximum Gasteiger partial charge on any atom is 0.273 e. The third-order valence-electron chi connectivity index (χ3n) is 3.32. The molecule has 24 heavy (non-hydrogen) atoms. The van der Waals surface area contributed by atoms with Gasteiger partial charge in [-0.1, -0.05) is 37.3 Å². The van der Waals surface area contributed by atoms with Gasteiger partial charge in [0.25, 0.3) is 5.91 Å². The van der Waals surface area contributed by atoms with Crippen molar-refractivity contribution in [1.29, 1.82) is 0 Å². The van der Waals surface area contributed by atoms with Crippen LogP contribution < -0.4 is 10.2 Å². The van der Waals surface area contributed by atoms with E-state index < -0.39 is 6.10 Å². The van der Waals surface area contributed by atoms with Crippen molar-refractivity contribution in [3.8, 4) is 5.75 Å². The van der Waals surface area contributed by atoms with Crippen molar-refractivity contribution < 1.29 is 14.3 Å². The molecule has 126 valence electrons. The quantitative estimate of drug-likeness (QED) is 0.598. The molecule has 2 aromatic carbocycles. The van der Waals surface area contributed by atoms with Crippen molar-refractivity contribution in [2.45, 2.75) is 19.4 Å². The van der Waals surface area contributed by atoms with E-state index in [1.54, 1.807) is 6.21 Å². The van der Waals surface area contributed by atoms with Crippen LogP contribution in [0.3, 0.4) is 0 Å². The second-order valence-electron chi connectivity index (χ2n) is 5.18. The minimum absolute atomic E-state index is 0.317. The second-order valence-corrected chi connectivity index (χ2v) is 5.18. The molecule has 0 spiro atoms. The van der Waals surface area contributed by atoms with Gasteiger partial charge in [-0.2, -0.15) is 5.10 Å². The van der Waals surface area contributed by atoms with Crippen LogP contribution in [-0.4, -0.2) is 25.8 Å². The molecule has 0 aliphatic heterocycles. The van der Waals surface area contributed by atoms with Gasteiger partial charge in [-0.05, 0) is 41.8 Å². The van der Waals surface area contributed by atoms with Crippen molar-refractivity contribution in [2.24, 2.45) is 5.10 Å². The summed E-state index contributed by atoms with van der Waals surface area (Å²) in [5.74, 6) is 0.504. The van der Waals surface area contributed by atoms with Gasteiger partial charge in [0.1, 0.15) is 5.75 Å². The largest absolute Gasteiger partial charge is 0.494 e. The van der Waals surface area contributed by atoms with E-state index in [4.69, 9.17) is 9.47 Å². The minimum atomic E-state index is -0.687. The number of benzene rings is 2. The third-order valence-corrected chi connectivity index (χ3v) is 3.32. The molecule has 5 nitrogen and oxygen atoms in total. The zero-order chi connectivity index (χ0) is 17.2. The van der Waals surface area contributed by atoms with Crippen LogP contribution in [0, 0.1) is 0 Å². The van der Waals surface area contributed by atoms with Crippen molar-refractivity contribution >= 4 is 12.1 Å². The van der Waals surface area contributed by atoms with Gasteiger partial charge in [-0.3, -0.25) is 4.79 Å². The fourth-order valence-electron chi connectivity index (χ4n) is 2.12. The van der Waals surface area contributed by atoms with Gasteiger partial charge < -0.3 is 9.47 Å². The first-order valence-electron chi connectivity index (χ1n) is 7.88.